The van der Waals surface area contributed by atoms with Crippen molar-refractivity contribution >= 4 is 28.3 Å². The molecule has 0 fully saturated rings. The molecule has 0 bridgehead atoms. The molecule has 0 aliphatic heterocycles. The molecule has 1 N–H and O–H groups in total. The molecule has 0 aliphatic rings. The van der Waals surface area contributed by atoms with Crippen molar-refractivity contribution in [2.75, 3.05) is 18.9 Å². The zero-order valence-electron chi connectivity index (χ0n) is 12.3. The first-order valence-electron chi connectivity index (χ1n) is 6.79. The Bertz CT molecular complexity index is 687. The summed E-state index contributed by atoms with van der Waals surface area (Å²) in [6, 6.07) is 5.37. The molecule has 2 amide bonds. The maximum absolute atomic E-state index is 13.1. The average molecular weight is 321 g/mol. The third-order valence-electron chi connectivity index (χ3n) is 2.94. The number of amides is 2. The van der Waals surface area contributed by atoms with Crippen LogP contribution in [0.1, 0.15) is 34.2 Å². The van der Waals surface area contributed by atoms with Crippen LogP contribution in [0.25, 0.3) is 0 Å². The average Bonchev–Trinajstić information content (AvgIpc) is 2.95. The van der Waals surface area contributed by atoms with E-state index in [1.165, 1.54) is 18.2 Å². The molecule has 1 aromatic heterocycles. The standard InChI is InChI=1S/C15H16FN3O2S/c1-3-7-19(2)14(21)12-9-22-15(17-12)18-13(20)10-5-4-6-11(16)8-10/h4-6,8-9H,3,7H2,1-2H3,(H,17,18,20). The Morgan fingerprint density at radius 2 is 2.18 bits per heavy atom. The van der Waals surface area contributed by atoms with Gasteiger partial charge in [-0.15, -0.1) is 11.3 Å². The second-order valence-corrected chi connectivity index (χ2v) is 5.59. The van der Waals surface area contributed by atoms with Crippen molar-refractivity contribution in [3.63, 3.8) is 0 Å². The van der Waals surface area contributed by atoms with Crippen molar-refractivity contribution in [3.05, 3.63) is 46.7 Å². The Labute approximate surface area is 131 Å². The quantitative estimate of drug-likeness (QED) is 0.921. The van der Waals surface area contributed by atoms with E-state index in [1.54, 1.807) is 17.3 Å². The first-order chi connectivity index (χ1) is 10.5. The van der Waals surface area contributed by atoms with Gasteiger partial charge in [-0.2, -0.15) is 0 Å². The Kier molecular flexibility index (Phi) is 5.21. The Hall–Kier alpha value is -2.28. The summed E-state index contributed by atoms with van der Waals surface area (Å²) < 4.78 is 13.1. The molecule has 1 heterocycles. The van der Waals surface area contributed by atoms with E-state index in [9.17, 15) is 14.0 Å². The monoisotopic (exact) mass is 321 g/mol. The molecule has 0 saturated carbocycles. The summed E-state index contributed by atoms with van der Waals surface area (Å²) in [6.07, 6.45) is 0.857. The molecule has 22 heavy (non-hydrogen) atoms. The van der Waals surface area contributed by atoms with Gasteiger partial charge >= 0.3 is 0 Å². The summed E-state index contributed by atoms with van der Waals surface area (Å²) in [7, 11) is 1.70. The molecule has 116 valence electrons. The number of hydrogen-bond donors (Lipinski definition) is 1. The molecule has 2 aromatic rings. The number of rotatable bonds is 5. The molecule has 0 radical (unpaired) electrons. The number of anilines is 1. The Balaban J connectivity index is 2.06. The number of carbonyl (C=O) groups excluding carboxylic acids is 2. The van der Waals surface area contributed by atoms with Gasteiger partial charge in [0.25, 0.3) is 11.8 Å². The van der Waals surface area contributed by atoms with E-state index in [0.717, 1.165) is 23.8 Å². The van der Waals surface area contributed by atoms with Crippen molar-refractivity contribution in [2.24, 2.45) is 0 Å². The predicted octanol–water partition coefficient (Wildman–Crippen LogP) is 3.02. The molecule has 0 atom stereocenters. The summed E-state index contributed by atoms with van der Waals surface area (Å²) in [5.74, 6) is -1.14. The van der Waals surface area contributed by atoms with E-state index in [4.69, 9.17) is 0 Å². The van der Waals surface area contributed by atoms with E-state index in [1.807, 2.05) is 6.92 Å². The van der Waals surface area contributed by atoms with Gasteiger partial charge in [0.05, 0.1) is 0 Å². The fourth-order valence-electron chi connectivity index (χ4n) is 1.86. The Morgan fingerprint density at radius 1 is 1.41 bits per heavy atom. The van der Waals surface area contributed by atoms with Crippen LogP contribution in [0, 0.1) is 5.82 Å². The molecule has 7 heteroatoms. The summed E-state index contributed by atoms with van der Waals surface area (Å²) in [5, 5.41) is 4.46. The fraction of sp³-hybridized carbons (Fsp3) is 0.267. The third-order valence-corrected chi connectivity index (χ3v) is 3.69. The van der Waals surface area contributed by atoms with E-state index in [2.05, 4.69) is 10.3 Å². The summed E-state index contributed by atoms with van der Waals surface area (Å²) >= 11 is 1.16. The second-order valence-electron chi connectivity index (χ2n) is 4.73. The van der Waals surface area contributed by atoms with E-state index < -0.39 is 11.7 Å². The lowest BCUT2D eigenvalue weighted by atomic mass is 10.2. The summed E-state index contributed by atoms with van der Waals surface area (Å²) in [5.41, 5.74) is 0.488. The SMILES string of the molecule is CCCN(C)C(=O)c1csc(NC(=O)c2cccc(F)c2)n1. The molecule has 0 spiro atoms. The Morgan fingerprint density at radius 3 is 2.86 bits per heavy atom. The van der Waals surface area contributed by atoms with Crippen LogP contribution in [0.2, 0.25) is 0 Å². The van der Waals surface area contributed by atoms with Crippen LogP contribution < -0.4 is 5.32 Å². The molecule has 0 unspecified atom stereocenters. The van der Waals surface area contributed by atoms with Gasteiger partial charge in [-0.3, -0.25) is 14.9 Å². The number of benzene rings is 1. The smallest absolute Gasteiger partial charge is 0.273 e. The highest BCUT2D eigenvalue weighted by molar-refractivity contribution is 7.14. The maximum atomic E-state index is 13.1. The summed E-state index contributed by atoms with van der Waals surface area (Å²) in [6.45, 7) is 2.62. The zero-order valence-corrected chi connectivity index (χ0v) is 13.1. The highest BCUT2D eigenvalue weighted by Crippen LogP contribution is 2.18. The van der Waals surface area contributed by atoms with Crippen molar-refractivity contribution in [1.29, 1.82) is 0 Å². The molecule has 1 aromatic carbocycles. The van der Waals surface area contributed by atoms with Crippen LogP contribution >= 0.6 is 11.3 Å². The molecule has 5 nitrogen and oxygen atoms in total. The van der Waals surface area contributed by atoms with Gasteiger partial charge in [-0.05, 0) is 24.6 Å². The highest BCUT2D eigenvalue weighted by atomic mass is 32.1. The lowest BCUT2D eigenvalue weighted by Gasteiger charge is -2.13. The van der Waals surface area contributed by atoms with Crippen molar-refractivity contribution in [2.45, 2.75) is 13.3 Å². The van der Waals surface area contributed by atoms with Gasteiger partial charge in [-0.25, -0.2) is 9.37 Å². The van der Waals surface area contributed by atoms with Crippen LogP contribution in [0.15, 0.2) is 29.6 Å². The maximum Gasteiger partial charge on any atom is 0.273 e. The predicted molar refractivity (Wildman–Crippen MR) is 83.7 cm³/mol. The zero-order chi connectivity index (χ0) is 16.1. The third kappa shape index (κ3) is 3.88. The van der Waals surface area contributed by atoms with Crippen LogP contribution in [0.5, 0.6) is 0 Å². The van der Waals surface area contributed by atoms with Crippen LogP contribution in [0.4, 0.5) is 9.52 Å². The number of nitrogens with zero attached hydrogens (tertiary/aromatic N) is 2. The van der Waals surface area contributed by atoms with Gasteiger partial charge in [0, 0.05) is 24.5 Å². The minimum absolute atomic E-state index is 0.190. The first-order valence-corrected chi connectivity index (χ1v) is 7.67. The van der Waals surface area contributed by atoms with Gasteiger partial charge < -0.3 is 4.90 Å². The van der Waals surface area contributed by atoms with Crippen LogP contribution in [-0.4, -0.2) is 35.3 Å². The highest BCUT2D eigenvalue weighted by Gasteiger charge is 2.16. The molecule has 0 saturated heterocycles. The topological polar surface area (TPSA) is 62.3 Å². The lowest BCUT2D eigenvalue weighted by molar-refractivity contribution is 0.0790. The number of nitrogens with one attached hydrogen (secondary N) is 1. The number of halogens is 1. The minimum Gasteiger partial charge on any atom is -0.340 e. The molecular weight excluding hydrogens is 305 g/mol. The molecule has 0 aliphatic carbocycles. The van der Waals surface area contributed by atoms with Gasteiger partial charge in [0.2, 0.25) is 0 Å². The fourth-order valence-corrected chi connectivity index (χ4v) is 2.54. The van der Waals surface area contributed by atoms with E-state index in [0.29, 0.717) is 11.7 Å². The van der Waals surface area contributed by atoms with E-state index >= 15 is 0 Å². The number of carbonyl (C=O) groups is 2. The second kappa shape index (κ2) is 7.13. The van der Waals surface area contributed by atoms with Gasteiger partial charge in [-0.1, -0.05) is 13.0 Å². The van der Waals surface area contributed by atoms with Gasteiger partial charge in [0.1, 0.15) is 11.5 Å². The first kappa shape index (κ1) is 16.1. The van der Waals surface area contributed by atoms with Crippen molar-refractivity contribution < 1.29 is 14.0 Å². The van der Waals surface area contributed by atoms with Crippen LogP contribution in [0.3, 0.4) is 0 Å². The van der Waals surface area contributed by atoms with Crippen molar-refractivity contribution in [3.8, 4) is 0 Å². The van der Waals surface area contributed by atoms with Crippen LogP contribution in [-0.2, 0) is 0 Å². The minimum atomic E-state index is -0.483. The molecule has 2 rings (SSSR count). The molecular formula is C15H16FN3O2S. The lowest BCUT2D eigenvalue weighted by Crippen LogP contribution is -2.27. The van der Waals surface area contributed by atoms with Gasteiger partial charge in [0.15, 0.2) is 5.13 Å². The summed E-state index contributed by atoms with van der Waals surface area (Å²) in [4.78, 5) is 29.7. The number of aromatic nitrogens is 1. The normalized spacial score (nSPS) is 10.3. The van der Waals surface area contributed by atoms with Crippen molar-refractivity contribution in [1.82, 2.24) is 9.88 Å². The van der Waals surface area contributed by atoms with E-state index in [-0.39, 0.29) is 17.2 Å². The largest absolute Gasteiger partial charge is 0.340 e. The number of hydrogen-bond acceptors (Lipinski definition) is 4. The number of thiazole rings is 1.